The maximum Gasteiger partial charge on any atom is 0.354 e. The first-order valence-electron chi connectivity index (χ1n) is 12.8. The van der Waals surface area contributed by atoms with Crippen molar-refractivity contribution in [3.8, 4) is 0 Å². The van der Waals surface area contributed by atoms with Gasteiger partial charge in [-0.2, -0.15) is 14.6 Å². The lowest BCUT2D eigenvalue weighted by Crippen LogP contribution is -2.29. The molecule has 0 radical (unpaired) electrons. The number of aromatic nitrogens is 4. The number of halogens is 1. The van der Waals surface area contributed by atoms with Crippen molar-refractivity contribution in [1.29, 1.82) is 0 Å². The Hall–Kier alpha value is -4.97. The fourth-order valence-electron chi connectivity index (χ4n) is 4.55. The number of amides is 1. The number of nitrogens with one attached hydrogen (secondary N) is 1. The average molecular weight is 561 g/mol. The molecule has 0 saturated carbocycles. The predicted octanol–water partition coefficient (Wildman–Crippen LogP) is 3.74. The molecule has 0 saturated heterocycles. The first-order chi connectivity index (χ1) is 19.6. The molecule has 2 aromatic heterocycles. The smallest absolute Gasteiger partial charge is 0.354 e. The molecule has 4 aromatic rings. The Morgan fingerprint density at radius 2 is 2.00 bits per heavy atom. The third-order valence-corrected chi connectivity index (χ3v) is 6.65. The Bertz CT molecular complexity index is 1620. The molecule has 0 spiro atoms. The number of rotatable bonds is 7. The Balaban J connectivity index is 0.000000328. The fourth-order valence-corrected chi connectivity index (χ4v) is 4.55. The largest absolute Gasteiger partial charge is 0.477 e. The van der Waals surface area contributed by atoms with E-state index in [4.69, 9.17) is 10.5 Å². The number of aromatic carboxylic acids is 1. The Kier molecular flexibility index (Phi) is 8.83. The summed E-state index contributed by atoms with van der Waals surface area (Å²) in [7, 11) is 0. The number of nitrogens with two attached hydrogens (primary N) is 1. The van der Waals surface area contributed by atoms with Gasteiger partial charge in [0.1, 0.15) is 24.4 Å². The van der Waals surface area contributed by atoms with Gasteiger partial charge in [0.15, 0.2) is 5.69 Å². The number of carbonyl (C=O) groups is 3. The summed E-state index contributed by atoms with van der Waals surface area (Å²) in [5, 5.41) is 16.2. The van der Waals surface area contributed by atoms with Crippen LogP contribution in [-0.2, 0) is 11.2 Å². The molecule has 2 heterocycles. The predicted molar refractivity (Wildman–Crippen MR) is 147 cm³/mol. The highest BCUT2D eigenvalue weighted by molar-refractivity contribution is 5.96. The van der Waals surface area contributed by atoms with E-state index in [9.17, 15) is 23.9 Å². The minimum atomic E-state index is -1.27. The van der Waals surface area contributed by atoms with E-state index in [-0.39, 0.29) is 41.7 Å². The summed E-state index contributed by atoms with van der Waals surface area (Å²) in [5.41, 5.74) is 9.43. The van der Waals surface area contributed by atoms with Crippen LogP contribution >= 0.6 is 0 Å². The summed E-state index contributed by atoms with van der Waals surface area (Å²) >= 11 is 0. The highest BCUT2D eigenvalue weighted by Gasteiger charge is 2.29. The van der Waals surface area contributed by atoms with Gasteiger partial charge in [-0.15, -0.1) is 0 Å². The lowest BCUT2D eigenvalue weighted by atomic mass is 9.98. The van der Waals surface area contributed by atoms with Crippen LogP contribution < -0.4 is 11.1 Å². The van der Waals surface area contributed by atoms with Crippen LogP contribution in [0.15, 0.2) is 61.4 Å². The van der Waals surface area contributed by atoms with Crippen molar-refractivity contribution < 1.29 is 28.6 Å². The van der Waals surface area contributed by atoms with Gasteiger partial charge >= 0.3 is 11.9 Å². The number of carboxylic acid groups (broad SMARTS) is 1. The molecule has 4 N–H and O–H groups in total. The first-order valence-corrected chi connectivity index (χ1v) is 12.8. The monoisotopic (exact) mass is 560 g/mol. The minimum Gasteiger partial charge on any atom is -0.477 e. The van der Waals surface area contributed by atoms with Crippen LogP contribution in [0.25, 0.3) is 5.78 Å². The summed E-state index contributed by atoms with van der Waals surface area (Å²) < 4.78 is 18.6. The van der Waals surface area contributed by atoms with Crippen molar-refractivity contribution in [3.05, 3.63) is 106 Å². The Labute approximate surface area is 234 Å². The second-order valence-corrected chi connectivity index (χ2v) is 9.40. The van der Waals surface area contributed by atoms with E-state index in [2.05, 4.69) is 27.0 Å². The summed E-state index contributed by atoms with van der Waals surface area (Å²) in [6.45, 7) is 7.39. The highest BCUT2D eigenvalue weighted by atomic mass is 19.1. The second kappa shape index (κ2) is 12.5. The van der Waals surface area contributed by atoms with Gasteiger partial charge in [0.05, 0.1) is 11.6 Å². The van der Waals surface area contributed by atoms with E-state index >= 15 is 0 Å². The molecule has 12 heteroatoms. The van der Waals surface area contributed by atoms with Crippen molar-refractivity contribution in [2.24, 2.45) is 5.73 Å². The number of carbonyl (C=O) groups excluding carboxylic acids is 2. The lowest BCUT2D eigenvalue weighted by molar-refractivity contribution is 0.0548. The van der Waals surface area contributed by atoms with Gasteiger partial charge in [0, 0.05) is 12.1 Å². The molecular weight excluding hydrogens is 531 g/mol. The molecular formula is C29H29FN6O5. The highest BCUT2D eigenvalue weighted by Crippen LogP contribution is 2.35. The number of fused-ring (bicyclic) bond motifs is 2. The molecule has 1 amide bonds. The van der Waals surface area contributed by atoms with Crippen molar-refractivity contribution in [2.45, 2.75) is 38.8 Å². The van der Waals surface area contributed by atoms with E-state index in [1.807, 2.05) is 19.9 Å². The van der Waals surface area contributed by atoms with Crippen LogP contribution in [0.4, 0.5) is 4.39 Å². The van der Waals surface area contributed by atoms with Gasteiger partial charge in [-0.3, -0.25) is 4.79 Å². The summed E-state index contributed by atoms with van der Waals surface area (Å²) in [4.78, 5) is 44.3. The van der Waals surface area contributed by atoms with Crippen LogP contribution in [0, 0.1) is 12.7 Å². The first kappa shape index (κ1) is 29.0. The molecule has 41 heavy (non-hydrogen) atoms. The number of benzene rings is 2. The van der Waals surface area contributed by atoms with Gasteiger partial charge in [-0.25, -0.2) is 19.0 Å². The summed E-state index contributed by atoms with van der Waals surface area (Å²) in [5.74, 6) is -2.37. The molecule has 2 aromatic carbocycles. The molecule has 212 valence electrons. The molecule has 0 bridgehead atoms. The Morgan fingerprint density at radius 3 is 2.66 bits per heavy atom. The number of ether oxygens (including phenoxy) is 1. The van der Waals surface area contributed by atoms with Crippen LogP contribution in [-0.4, -0.2) is 49.1 Å². The van der Waals surface area contributed by atoms with Gasteiger partial charge in [-0.05, 0) is 67.1 Å². The maximum atomic E-state index is 13.0. The van der Waals surface area contributed by atoms with Gasteiger partial charge in [0.2, 0.25) is 0 Å². The molecule has 0 aliphatic heterocycles. The zero-order valence-corrected chi connectivity index (χ0v) is 22.5. The number of carboxylic acids is 1. The van der Waals surface area contributed by atoms with Crippen molar-refractivity contribution in [1.82, 2.24) is 24.9 Å². The SMILES string of the molecule is C=CCOC(=O)c1ccc2c(c1C)CC[C@@H]2NC(=O)c1cc(C(=O)O)nc2ncnn12.C[C@@H](N)c1ccc(F)cc1. The van der Waals surface area contributed by atoms with E-state index in [0.717, 1.165) is 22.3 Å². The molecule has 5 rings (SSSR count). The number of nitrogens with zero attached hydrogens (tertiary/aromatic N) is 4. The normalized spacial score (nSPS) is 14.4. The van der Waals surface area contributed by atoms with E-state index in [1.165, 1.54) is 35.1 Å². The standard InChI is InChI=1S/C21H19N5O5.C8H10FN/c1-3-8-31-20(30)13-4-5-14-12(11(13)2)6-7-15(14)24-18(27)17-9-16(19(28)29)25-21-22-10-23-26(17)21;1-6(10)7-2-4-8(9)5-3-7/h3-5,9-10,15H,1,6-8H2,2H3,(H,24,27)(H,28,29);2-6H,10H2,1H3/t15-;6-/m01/s1. The van der Waals surface area contributed by atoms with Gasteiger partial charge in [-0.1, -0.05) is 30.9 Å². The summed E-state index contributed by atoms with van der Waals surface area (Å²) in [6, 6.07) is 10.6. The van der Waals surface area contributed by atoms with Crippen LogP contribution in [0.5, 0.6) is 0 Å². The van der Waals surface area contributed by atoms with Crippen LogP contribution in [0.3, 0.4) is 0 Å². The third kappa shape index (κ3) is 6.44. The number of esters is 1. The van der Waals surface area contributed by atoms with E-state index in [0.29, 0.717) is 18.4 Å². The Morgan fingerprint density at radius 1 is 1.27 bits per heavy atom. The zero-order chi connectivity index (χ0) is 29.7. The zero-order valence-electron chi connectivity index (χ0n) is 22.5. The molecule has 0 unspecified atom stereocenters. The van der Waals surface area contributed by atoms with E-state index in [1.54, 1.807) is 18.2 Å². The third-order valence-electron chi connectivity index (χ3n) is 6.65. The number of hydrogen-bond donors (Lipinski definition) is 3. The second-order valence-electron chi connectivity index (χ2n) is 9.40. The molecule has 11 nitrogen and oxygen atoms in total. The van der Waals surface area contributed by atoms with Crippen LogP contribution in [0.1, 0.15) is 79.0 Å². The fraction of sp³-hybridized carbons (Fsp3) is 0.241. The molecule has 1 aliphatic rings. The van der Waals surface area contributed by atoms with E-state index < -0.39 is 17.8 Å². The van der Waals surface area contributed by atoms with Gasteiger partial charge in [0.25, 0.3) is 11.7 Å². The lowest BCUT2D eigenvalue weighted by Gasteiger charge is -2.16. The number of hydrogen-bond acceptors (Lipinski definition) is 8. The van der Waals surface area contributed by atoms with Crippen molar-refractivity contribution in [3.63, 3.8) is 0 Å². The minimum absolute atomic E-state index is 0.0133. The van der Waals surface area contributed by atoms with Gasteiger partial charge < -0.3 is 20.9 Å². The van der Waals surface area contributed by atoms with Crippen molar-refractivity contribution in [2.75, 3.05) is 6.61 Å². The maximum absolute atomic E-state index is 13.0. The average Bonchev–Trinajstić information content (AvgIpc) is 3.59. The van der Waals surface area contributed by atoms with Crippen molar-refractivity contribution >= 4 is 23.6 Å². The summed E-state index contributed by atoms with van der Waals surface area (Å²) in [6.07, 6.45) is 4.04. The van der Waals surface area contributed by atoms with Crippen LogP contribution in [0.2, 0.25) is 0 Å². The molecule has 1 aliphatic carbocycles. The topological polar surface area (TPSA) is 162 Å². The molecule has 0 fully saturated rings. The quantitative estimate of drug-likeness (QED) is 0.226. The molecule has 2 atom stereocenters.